The summed E-state index contributed by atoms with van der Waals surface area (Å²) < 4.78 is 5.18. The van der Waals surface area contributed by atoms with Gasteiger partial charge in [0.2, 0.25) is 5.88 Å². The number of rotatable bonds is 7. The largest absolute Gasteiger partial charge is 0.481 e. The minimum atomic E-state index is 0. The van der Waals surface area contributed by atoms with Gasteiger partial charge in [0.1, 0.15) is 0 Å². The van der Waals surface area contributed by atoms with Crippen molar-refractivity contribution in [2.75, 3.05) is 20.2 Å². The lowest BCUT2D eigenvalue weighted by molar-refractivity contribution is 0.244. The van der Waals surface area contributed by atoms with Crippen LogP contribution in [0.15, 0.2) is 53.7 Å². The highest BCUT2D eigenvalue weighted by molar-refractivity contribution is 14.0. The number of aromatic nitrogens is 1. The zero-order valence-corrected chi connectivity index (χ0v) is 18.4. The van der Waals surface area contributed by atoms with Crippen molar-refractivity contribution in [3.05, 3.63) is 59.8 Å². The first kappa shape index (κ1) is 21.5. The van der Waals surface area contributed by atoms with E-state index in [2.05, 4.69) is 52.9 Å². The summed E-state index contributed by atoms with van der Waals surface area (Å²) in [6, 6.07) is 14.7. The standard InChI is InChI=1S/C21H28N4O.HI/c1-3-22-20(24-15-17-10-13-23-19(14-17)26-2)25-16-21(11-7-12-21)18-8-5-4-6-9-18;/h4-6,8-10,13-14H,3,7,11-12,15-16H2,1-2H3,(H2,22,24,25);1H. The highest BCUT2D eigenvalue weighted by atomic mass is 127. The van der Waals surface area contributed by atoms with Crippen LogP contribution in [-0.2, 0) is 12.0 Å². The molecular weight excluding hydrogens is 451 g/mol. The van der Waals surface area contributed by atoms with Gasteiger partial charge in [0.15, 0.2) is 5.96 Å². The molecule has 0 spiro atoms. The zero-order valence-electron chi connectivity index (χ0n) is 16.1. The molecule has 0 amide bonds. The smallest absolute Gasteiger partial charge is 0.213 e. The molecule has 27 heavy (non-hydrogen) atoms. The summed E-state index contributed by atoms with van der Waals surface area (Å²) >= 11 is 0. The summed E-state index contributed by atoms with van der Waals surface area (Å²) in [5.74, 6) is 1.47. The van der Waals surface area contributed by atoms with Crippen molar-refractivity contribution < 1.29 is 4.74 Å². The quantitative estimate of drug-likeness (QED) is 0.359. The van der Waals surface area contributed by atoms with Gasteiger partial charge in [-0.25, -0.2) is 9.98 Å². The lowest BCUT2D eigenvalue weighted by Gasteiger charge is -2.43. The average molecular weight is 480 g/mol. The van der Waals surface area contributed by atoms with Crippen molar-refractivity contribution >= 4 is 29.9 Å². The van der Waals surface area contributed by atoms with E-state index < -0.39 is 0 Å². The number of hydrogen-bond donors (Lipinski definition) is 2. The molecule has 6 heteroatoms. The monoisotopic (exact) mass is 480 g/mol. The maximum atomic E-state index is 5.18. The highest BCUT2D eigenvalue weighted by Crippen LogP contribution is 2.43. The second-order valence-electron chi connectivity index (χ2n) is 6.76. The third-order valence-corrected chi connectivity index (χ3v) is 5.06. The lowest BCUT2D eigenvalue weighted by Crippen LogP contribution is -2.48. The summed E-state index contributed by atoms with van der Waals surface area (Å²) in [5.41, 5.74) is 2.74. The number of guanidine groups is 1. The Labute approximate surface area is 179 Å². The zero-order chi connectivity index (χ0) is 18.2. The Kier molecular flexibility index (Phi) is 8.34. The van der Waals surface area contributed by atoms with Gasteiger partial charge in [-0.2, -0.15) is 0 Å². The molecule has 5 nitrogen and oxygen atoms in total. The van der Waals surface area contributed by atoms with Crippen LogP contribution in [0.5, 0.6) is 5.88 Å². The summed E-state index contributed by atoms with van der Waals surface area (Å²) in [6.45, 7) is 4.42. The van der Waals surface area contributed by atoms with Crippen molar-refractivity contribution in [1.29, 1.82) is 0 Å². The van der Waals surface area contributed by atoms with Gasteiger partial charge in [0, 0.05) is 30.8 Å². The van der Waals surface area contributed by atoms with Gasteiger partial charge < -0.3 is 15.4 Å². The molecule has 1 fully saturated rings. The number of pyridine rings is 1. The number of halogens is 1. The van der Waals surface area contributed by atoms with Crippen LogP contribution in [0, 0.1) is 0 Å². The summed E-state index contributed by atoms with van der Waals surface area (Å²) in [7, 11) is 1.63. The number of nitrogens with zero attached hydrogens (tertiary/aromatic N) is 2. The van der Waals surface area contributed by atoms with Gasteiger partial charge in [0.05, 0.1) is 13.7 Å². The number of nitrogens with one attached hydrogen (secondary N) is 2. The van der Waals surface area contributed by atoms with E-state index in [9.17, 15) is 0 Å². The van der Waals surface area contributed by atoms with E-state index in [0.717, 1.165) is 24.6 Å². The molecule has 3 rings (SSSR count). The Hall–Kier alpha value is -1.83. The SMILES string of the molecule is CCNC(=NCc1ccnc(OC)c1)NCC1(c2ccccc2)CCC1.I. The second-order valence-corrected chi connectivity index (χ2v) is 6.76. The molecule has 146 valence electrons. The van der Waals surface area contributed by atoms with E-state index in [1.165, 1.54) is 24.8 Å². The van der Waals surface area contributed by atoms with Crippen LogP contribution in [0.25, 0.3) is 0 Å². The van der Waals surface area contributed by atoms with Gasteiger partial charge in [-0.05, 0) is 37.0 Å². The molecule has 1 aliphatic rings. The maximum Gasteiger partial charge on any atom is 0.213 e. The molecule has 0 saturated heterocycles. The van der Waals surface area contributed by atoms with Crippen LogP contribution < -0.4 is 15.4 Å². The van der Waals surface area contributed by atoms with Crippen molar-refractivity contribution in [2.45, 2.75) is 38.1 Å². The van der Waals surface area contributed by atoms with Crippen molar-refractivity contribution in [1.82, 2.24) is 15.6 Å². The van der Waals surface area contributed by atoms with Gasteiger partial charge >= 0.3 is 0 Å². The molecule has 0 unspecified atom stereocenters. The van der Waals surface area contributed by atoms with Crippen molar-refractivity contribution in [3.8, 4) is 5.88 Å². The van der Waals surface area contributed by atoms with Crippen LogP contribution in [0.2, 0.25) is 0 Å². The molecule has 1 aromatic carbocycles. The van der Waals surface area contributed by atoms with Crippen molar-refractivity contribution in [2.24, 2.45) is 4.99 Å². The van der Waals surface area contributed by atoms with Crippen LogP contribution in [0.3, 0.4) is 0 Å². The van der Waals surface area contributed by atoms with Gasteiger partial charge in [0.25, 0.3) is 0 Å². The molecule has 0 atom stereocenters. The van der Waals surface area contributed by atoms with Gasteiger partial charge in [-0.3, -0.25) is 0 Å². The molecular formula is C21H29IN4O. The molecule has 0 radical (unpaired) electrons. The third kappa shape index (κ3) is 5.57. The Morgan fingerprint density at radius 1 is 1.19 bits per heavy atom. The molecule has 1 heterocycles. The minimum Gasteiger partial charge on any atom is -0.481 e. The molecule has 2 N–H and O–H groups in total. The van der Waals surface area contributed by atoms with E-state index in [0.29, 0.717) is 12.4 Å². The van der Waals surface area contributed by atoms with Crippen LogP contribution >= 0.6 is 24.0 Å². The summed E-state index contributed by atoms with van der Waals surface area (Å²) in [6.07, 6.45) is 5.50. The lowest BCUT2D eigenvalue weighted by atomic mass is 9.64. The maximum absolute atomic E-state index is 5.18. The summed E-state index contributed by atoms with van der Waals surface area (Å²) in [5, 5.41) is 6.90. The topological polar surface area (TPSA) is 58.5 Å². The average Bonchev–Trinajstić information content (AvgIpc) is 2.66. The predicted octanol–water partition coefficient (Wildman–Crippen LogP) is 3.89. The van der Waals surface area contributed by atoms with E-state index in [1.807, 2.05) is 12.1 Å². The second kappa shape index (κ2) is 10.5. The Morgan fingerprint density at radius 2 is 1.96 bits per heavy atom. The predicted molar refractivity (Wildman–Crippen MR) is 121 cm³/mol. The first-order valence-corrected chi connectivity index (χ1v) is 9.32. The molecule has 1 aromatic heterocycles. The van der Waals surface area contributed by atoms with Gasteiger partial charge in [-0.1, -0.05) is 36.8 Å². The third-order valence-electron chi connectivity index (χ3n) is 5.06. The number of aliphatic imine (C=N–C) groups is 1. The number of benzene rings is 1. The fourth-order valence-electron chi connectivity index (χ4n) is 3.39. The Bertz CT molecular complexity index is 732. The normalized spacial score (nSPS) is 15.3. The number of ether oxygens (including phenoxy) is 1. The minimum absolute atomic E-state index is 0. The highest BCUT2D eigenvalue weighted by Gasteiger charge is 2.38. The van der Waals surface area contributed by atoms with E-state index in [4.69, 9.17) is 9.73 Å². The number of methoxy groups -OCH3 is 1. The van der Waals surface area contributed by atoms with Gasteiger partial charge in [-0.15, -0.1) is 24.0 Å². The first-order valence-electron chi connectivity index (χ1n) is 9.32. The molecule has 0 bridgehead atoms. The molecule has 1 aliphatic carbocycles. The van der Waals surface area contributed by atoms with Crippen molar-refractivity contribution in [3.63, 3.8) is 0 Å². The van der Waals surface area contributed by atoms with Crippen LogP contribution in [-0.4, -0.2) is 31.1 Å². The molecule has 2 aromatic rings. The fourth-order valence-corrected chi connectivity index (χ4v) is 3.39. The van der Waals surface area contributed by atoms with E-state index >= 15 is 0 Å². The van der Waals surface area contributed by atoms with Crippen LogP contribution in [0.4, 0.5) is 0 Å². The summed E-state index contributed by atoms with van der Waals surface area (Å²) in [4.78, 5) is 8.87. The van der Waals surface area contributed by atoms with E-state index in [1.54, 1.807) is 13.3 Å². The fraction of sp³-hybridized carbons (Fsp3) is 0.429. The van der Waals surface area contributed by atoms with Crippen LogP contribution in [0.1, 0.15) is 37.3 Å². The Morgan fingerprint density at radius 3 is 2.59 bits per heavy atom. The number of hydrogen-bond acceptors (Lipinski definition) is 3. The Balaban J connectivity index is 0.00000261. The van der Waals surface area contributed by atoms with E-state index in [-0.39, 0.29) is 29.4 Å². The first-order chi connectivity index (χ1) is 12.8. The molecule has 0 aliphatic heterocycles. The molecule has 1 saturated carbocycles.